The third kappa shape index (κ3) is 2.34. The van der Waals surface area contributed by atoms with E-state index in [0.29, 0.717) is 5.92 Å². The third-order valence-electron chi connectivity index (χ3n) is 3.42. The van der Waals surface area contributed by atoms with E-state index in [2.05, 4.69) is 37.4 Å². The van der Waals surface area contributed by atoms with Gasteiger partial charge in [0.25, 0.3) is 0 Å². The molecular weight excluding hydrogens is 214 g/mol. The molecule has 0 aliphatic heterocycles. The number of carbonyl (C=O) groups excluding carboxylic acids is 1. The number of carbonyl (C=O) groups is 1. The van der Waals surface area contributed by atoms with Crippen LogP contribution in [0.5, 0.6) is 0 Å². The molecular formula is C14H19NO2. The van der Waals surface area contributed by atoms with Gasteiger partial charge in [0.1, 0.15) is 6.10 Å². The Morgan fingerprint density at radius 3 is 2.88 bits per heavy atom. The zero-order valence-corrected chi connectivity index (χ0v) is 10.5. The molecule has 2 N–H and O–H groups in total. The summed E-state index contributed by atoms with van der Waals surface area (Å²) in [5.74, 6) is 0.0886. The van der Waals surface area contributed by atoms with Crippen molar-refractivity contribution < 1.29 is 9.90 Å². The first-order valence-electron chi connectivity index (χ1n) is 6.07. The molecule has 0 saturated heterocycles. The Bertz CT molecular complexity index is 440. The highest BCUT2D eigenvalue weighted by Crippen LogP contribution is 2.36. The fourth-order valence-electron chi connectivity index (χ4n) is 2.45. The van der Waals surface area contributed by atoms with Crippen LogP contribution in [0.25, 0.3) is 0 Å². The normalized spacial score (nSPS) is 24.2. The lowest BCUT2D eigenvalue weighted by atomic mass is 10.0. The molecule has 3 atom stereocenters. The third-order valence-corrected chi connectivity index (χ3v) is 3.42. The molecule has 0 heterocycles. The molecule has 3 heteroatoms. The van der Waals surface area contributed by atoms with Gasteiger partial charge in [-0.2, -0.15) is 0 Å². The van der Waals surface area contributed by atoms with E-state index < -0.39 is 6.10 Å². The number of aliphatic hydroxyl groups is 1. The maximum absolute atomic E-state index is 11.6. The highest BCUT2D eigenvalue weighted by Gasteiger charge is 2.31. The molecule has 0 spiro atoms. The molecule has 0 radical (unpaired) electrons. The number of aliphatic hydroxyl groups excluding tert-OH is 1. The SMILES string of the molecule is Cc1ccc2c(c1)[C@H](NC(=O)[C@@H](C)O)[C@H](C)C2. The lowest BCUT2D eigenvalue weighted by Crippen LogP contribution is -2.36. The number of hydrogen-bond acceptors (Lipinski definition) is 2. The van der Waals surface area contributed by atoms with Crippen molar-refractivity contribution in [3.8, 4) is 0 Å². The van der Waals surface area contributed by atoms with Gasteiger partial charge in [-0.15, -0.1) is 0 Å². The zero-order chi connectivity index (χ0) is 12.6. The first-order valence-corrected chi connectivity index (χ1v) is 6.07. The van der Waals surface area contributed by atoms with Crippen molar-refractivity contribution in [3.63, 3.8) is 0 Å². The van der Waals surface area contributed by atoms with Gasteiger partial charge in [-0.1, -0.05) is 30.7 Å². The van der Waals surface area contributed by atoms with Gasteiger partial charge in [-0.25, -0.2) is 0 Å². The average Bonchev–Trinajstić information content (AvgIpc) is 2.55. The minimum Gasteiger partial charge on any atom is -0.384 e. The van der Waals surface area contributed by atoms with E-state index >= 15 is 0 Å². The lowest BCUT2D eigenvalue weighted by Gasteiger charge is -2.20. The van der Waals surface area contributed by atoms with Crippen LogP contribution in [0.4, 0.5) is 0 Å². The number of amides is 1. The monoisotopic (exact) mass is 233 g/mol. The molecule has 1 aromatic rings. The topological polar surface area (TPSA) is 49.3 Å². The van der Waals surface area contributed by atoms with Crippen molar-refractivity contribution >= 4 is 5.91 Å². The maximum Gasteiger partial charge on any atom is 0.249 e. The van der Waals surface area contributed by atoms with E-state index in [1.807, 2.05) is 0 Å². The molecule has 0 bridgehead atoms. The van der Waals surface area contributed by atoms with Crippen LogP contribution in [0, 0.1) is 12.8 Å². The van der Waals surface area contributed by atoms with Gasteiger partial charge in [0, 0.05) is 0 Å². The molecule has 1 aromatic carbocycles. The van der Waals surface area contributed by atoms with Crippen molar-refractivity contribution in [3.05, 3.63) is 34.9 Å². The smallest absolute Gasteiger partial charge is 0.249 e. The van der Waals surface area contributed by atoms with Gasteiger partial charge in [0.05, 0.1) is 6.04 Å². The first kappa shape index (κ1) is 12.1. The van der Waals surface area contributed by atoms with Crippen LogP contribution >= 0.6 is 0 Å². The molecule has 1 amide bonds. The fraction of sp³-hybridized carbons (Fsp3) is 0.500. The predicted molar refractivity (Wildman–Crippen MR) is 66.6 cm³/mol. The molecule has 17 heavy (non-hydrogen) atoms. The summed E-state index contributed by atoms with van der Waals surface area (Å²) in [6.07, 6.45) is 0.0384. The largest absolute Gasteiger partial charge is 0.384 e. The molecule has 2 rings (SSSR count). The van der Waals surface area contributed by atoms with Crippen LogP contribution in [0.1, 0.15) is 36.6 Å². The van der Waals surface area contributed by atoms with E-state index in [1.165, 1.54) is 23.6 Å². The van der Waals surface area contributed by atoms with E-state index in [0.717, 1.165) is 6.42 Å². The molecule has 0 saturated carbocycles. The highest BCUT2D eigenvalue weighted by molar-refractivity contribution is 5.80. The minimum atomic E-state index is -0.948. The molecule has 0 unspecified atom stereocenters. The Morgan fingerprint density at radius 1 is 1.53 bits per heavy atom. The van der Waals surface area contributed by atoms with E-state index in [1.54, 1.807) is 0 Å². The summed E-state index contributed by atoms with van der Waals surface area (Å²) < 4.78 is 0. The van der Waals surface area contributed by atoms with Gasteiger partial charge in [0.15, 0.2) is 0 Å². The van der Waals surface area contributed by atoms with E-state index in [4.69, 9.17) is 0 Å². The summed E-state index contributed by atoms with van der Waals surface area (Å²) in [5.41, 5.74) is 3.71. The maximum atomic E-state index is 11.6. The second kappa shape index (κ2) is 4.49. The van der Waals surface area contributed by atoms with Crippen molar-refractivity contribution in [2.24, 2.45) is 5.92 Å². The molecule has 92 valence electrons. The van der Waals surface area contributed by atoms with Crippen molar-refractivity contribution in [2.75, 3.05) is 0 Å². The average molecular weight is 233 g/mol. The quantitative estimate of drug-likeness (QED) is 0.817. The molecule has 1 aliphatic carbocycles. The summed E-state index contributed by atoms with van der Waals surface area (Å²) in [5, 5.41) is 12.2. The molecule has 0 fully saturated rings. The van der Waals surface area contributed by atoms with Crippen LogP contribution in [-0.4, -0.2) is 17.1 Å². The molecule has 0 aromatic heterocycles. The second-order valence-corrected chi connectivity index (χ2v) is 5.05. The van der Waals surface area contributed by atoms with Crippen LogP contribution in [0.15, 0.2) is 18.2 Å². The van der Waals surface area contributed by atoms with Gasteiger partial charge in [0.2, 0.25) is 5.91 Å². The standard InChI is InChI=1S/C14H19NO2/c1-8-4-5-11-7-9(2)13(12(11)6-8)15-14(17)10(3)16/h4-6,9-10,13,16H,7H2,1-3H3,(H,15,17)/t9-,10-,13-/m1/s1. The Balaban J connectivity index is 2.25. The summed E-state index contributed by atoms with van der Waals surface area (Å²) >= 11 is 0. The molecule has 1 aliphatic rings. The summed E-state index contributed by atoms with van der Waals surface area (Å²) in [4.78, 5) is 11.6. The van der Waals surface area contributed by atoms with Gasteiger partial charge < -0.3 is 10.4 Å². The van der Waals surface area contributed by atoms with Crippen LogP contribution in [0.2, 0.25) is 0 Å². The number of aryl methyl sites for hydroxylation is 1. The molecule has 3 nitrogen and oxygen atoms in total. The summed E-state index contributed by atoms with van der Waals surface area (Å²) in [6.45, 7) is 5.67. The minimum absolute atomic E-state index is 0.0343. The van der Waals surface area contributed by atoms with Gasteiger partial charge >= 0.3 is 0 Å². The Morgan fingerprint density at radius 2 is 2.24 bits per heavy atom. The van der Waals surface area contributed by atoms with Crippen molar-refractivity contribution in [1.29, 1.82) is 0 Å². The van der Waals surface area contributed by atoms with E-state index in [9.17, 15) is 9.90 Å². The van der Waals surface area contributed by atoms with E-state index in [-0.39, 0.29) is 11.9 Å². The number of rotatable bonds is 2. The zero-order valence-electron chi connectivity index (χ0n) is 10.5. The Labute approximate surface area is 102 Å². The summed E-state index contributed by atoms with van der Waals surface area (Å²) in [7, 11) is 0. The second-order valence-electron chi connectivity index (χ2n) is 5.05. The number of nitrogens with one attached hydrogen (secondary N) is 1. The van der Waals surface area contributed by atoms with Crippen LogP contribution in [0.3, 0.4) is 0 Å². The fourth-order valence-corrected chi connectivity index (χ4v) is 2.45. The van der Waals surface area contributed by atoms with Gasteiger partial charge in [-0.3, -0.25) is 4.79 Å². The number of benzene rings is 1. The number of hydrogen-bond donors (Lipinski definition) is 2. The van der Waals surface area contributed by atoms with Crippen molar-refractivity contribution in [2.45, 2.75) is 39.3 Å². The lowest BCUT2D eigenvalue weighted by molar-refractivity contribution is -0.129. The van der Waals surface area contributed by atoms with Gasteiger partial charge in [-0.05, 0) is 37.3 Å². The first-order chi connectivity index (χ1) is 7.99. The predicted octanol–water partition coefficient (Wildman–Crippen LogP) is 1.73. The van der Waals surface area contributed by atoms with Crippen molar-refractivity contribution in [1.82, 2.24) is 5.32 Å². The highest BCUT2D eigenvalue weighted by atomic mass is 16.3. The Hall–Kier alpha value is -1.35. The summed E-state index contributed by atoms with van der Waals surface area (Å²) in [6, 6.07) is 6.40. The van der Waals surface area contributed by atoms with Crippen LogP contribution in [-0.2, 0) is 11.2 Å². The van der Waals surface area contributed by atoms with Crippen LogP contribution < -0.4 is 5.32 Å². The number of fused-ring (bicyclic) bond motifs is 1. The Kier molecular flexibility index (Phi) is 3.20.